The Morgan fingerprint density at radius 2 is 1.41 bits per heavy atom. The van der Waals surface area contributed by atoms with Crippen LogP contribution in [0, 0.1) is 0 Å². The van der Waals surface area contributed by atoms with Crippen LogP contribution in [0.15, 0.2) is 12.7 Å². The standard InChI is InChI=1S/C25H49NO3/c1-7-9-10-11-12-13-14-15-16-17-23(27)26-20-18-24(3,4)29-22-19-25(5,6)28-21-8-2/h8H,2,7,9-22H2,1,3-6H3,(H,26,27). The smallest absolute Gasteiger partial charge is 0.219 e. The summed E-state index contributed by atoms with van der Waals surface area (Å²) in [4.78, 5) is 12.0. The van der Waals surface area contributed by atoms with Gasteiger partial charge in [-0.15, -0.1) is 6.58 Å². The molecule has 0 radical (unpaired) electrons. The molecule has 0 spiro atoms. The molecule has 29 heavy (non-hydrogen) atoms. The SMILES string of the molecule is C=CCOC(C)(C)CCOC(C)(C)CCNC(=O)CCCCCCCCCCC. The van der Waals surface area contributed by atoms with E-state index in [0.717, 1.165) is 19.3 Å². The summed E-state index contributed by atoms with van der Waals surface area (Å²) in [6, 6.07) is 0. The Morgan fingerprint density at radius 3 is 2.00 bits per heavy atom. The van der Waals surface area contributed by atoms with E-state index >= 15 is 0 Å². The molecule has 0 aromatic carbocycles. The average molecular weight is 412 g/mol. The van der Waals surface area contributed by atoms with Gasteiger partial charge in [-0.05, 0) is 47.0 Å². The third-order valence-corrected chi connectivity index (χ3v) is 5.35. The van der Waals surface area contributed by atoms with Gasteiger partial charge in [0, 0.05) is 13.0 Å². The molecular weight excluding hydrogens is 362 g/mol. The molecule has 0 heterocycles. The number of unbranched alkanes of at least 4 members (excludes halogenated alkanes) is 8. The van der Waals surface area contributed by atoms with Gasteiger partial charge in [0.15, 0.2) is 0 Å². The van der Waals surface area contributed by atoms with Gasteiger partial charge in [0.05, 0.1) is 24.4 Å². The first kappa shape index (κ1) is 28.1. The lowest BCUT2D eigenvalue weighted by Crippen LogP contribution is -2.34. The van der Waals surface area contributed by atoms with E-state index in [-0.39, 0.29) is 17.1 Å². The van der Waals surface area contributed by atoms with E-state index in [4.69, 9.17) is 9.47 Å². The van der Waals surface area contributed by atoms with Crippen molar-refractivity contribution in [3.05, 3.63) is 12.7 Å². The van der Waals surface area contributed by atoms with Crippen molar-refractivity contribution in [2.24, 2.45) is 0 Å². The summed E-state index contributed by atoms with van der Waals surface area (Å²) in [6.07, 6.45) is 15.5. The van der Waals surface area contributed by atoms with Gasteiger partial charge in [0.25, 0.3) is 0 Å². The second kappa shape index (κ2) is 16.9. The maximum absolute atomic E-state index is 12.0. The summed E-state index contributed by atoms with van der Waals surface area (Å²) >= 11 is 0. The zero-order valence-electron chi connectivity index (χ0n) is 20.1. The van der Waals surface area contributed by atoms with E-state index in [2.05, 4.69) is 46.5 Å². The number of nitrogens with one attached hydrogen (secondary N) is 1. The Morgan fingerprint density at radius 1 is 0.862 bits per heavy atom. The average Bonchev–Trinajstić information content (AvgIpc) is 2.64. The molecule has 1 N–H and O–H groups in total. The molecule has 1 amide bonds. The van der Waals surface area contributed by atoms with Crippen LogP contribution in [-0.2, 0) is 14.3 Å². The second-order valence-corrected chi connectivity index (χ2v) is 9.40. The first-order chi connectivity index (χ1) is 13.7. The van der Waals surface area contributed by atoms with Crippen LogP contribution in [0.4, 0.5) is 0 Å². The van der Waals surface area contributed by atoms with Crippen molar-refractivity contribution in [3.63, 3.8) is 0 Å². The quantitative estimate of drug-likeness (QED) is 0.182. The van der Waals surface area contributed by atoms with E-state index in [1.54, 1.807) is 6.08 Å². The van der Waals surface area contributed by atoms with Gasteiger partial charge < -0.3 is 14.8 Å². The van der Waals surface area contributed by atoms with Gasteiger partial charge in [-0.3, -0.25) is 4.79 Å². The fourth-order valence-corrected chi connectivity index (χ4v) is 3.19. The van der Waals surface area contributed by atoms with Crippen molar-refractivity contribution in [2.45, 2.75) is 123 Å². The zero-order chi connectivity index (χ0) is 22.0. The van der Waals surface area contributed by atoms with E-state index < -0.39 is 0 Å². The molecule has 0 aromatic rings. The molecular formula is C25H49NO3. The van der Waals surface area contributed by atoms with E-state index in [0.29, 0.717) is 26.2 Å². The minimum atomic E-state index is -0.250. The number of amides is 1. The number of rotatable bonds is 20. The zero-order valence-corrected chi connectivity index (χ0v) is 20.1. The fourth-order valence-electron chi connectivity index (χ4n) is 3.19. The van der Waals surface area contributed by atoms with Crippen LogP contribution >= 0.6 is 0 Å². The lowest BCUT2D eigenvalue weighted by atomic mass is 10.0. The summed E-state index contributed by atoms with van der Waals surface area (Å²) in [5.41, 5.74) is -0.465. The largest absolute Gasteiger partial charge is 0.375 e. The number of hydrogen-bond donors (Lipinski definition) is 1. The van der Waals surface area contributed by atoms with Crippen LogP contribution in [0.3, 0.4) is 0 Å². The minimum Gasteiger partial charge on any atom is -0.375 e. The molecule has 0 atom stereocenters. The predicted octanol–water partition coefficient (Wildman–Crippen LogP) is 6.58. The van der Waals surface area contributed by atoms with Gasteiger partial charge >= 0.3 is 0 Å². The maximum atomic E-state index is 12.0. The summed E-state index contributed by atoms with van der Waals surface area (Å²) in [5.74, 6) is 0.169. The Hall–Kier alpha value is -0.870. The molecule has 0 aromatic heterocycles. The van der Waals surface area contributed by atoms with Crippen molar-refractivity contribution in [1.82, 2.24) is 5.32 Å². The van der Waals surface area contributed by atoms with Crippen LogP contribution in [0.1, 0.15) is 112 Å². The highest BCUT2D eigenvalue weighted by Crippen LogP contribution is 2.19. The van der Waals surface area contributed by atoms with Crippen molar-refractivity contribution in [2.75, 3.05) is 19.8 Å². The monoisotopic (exact) mass is 411 g/mol. The number of hydrogen-bond acceptors (Lipinski definition) is 3. The van der Waals surface area contributed by atoms with Crippen LogP contribution in [0.2, 0.25) is 0 Å². The molecule has 0 unspecified atom stereocenters. The van der Waals surface area contributed by atoms with Crippen molar-refractivity contribution in [1.29, 1.82) is 0 Å². The van der Waals surface area contributed by atoms with Gasteiger partial charge in [-0.25, -0.2) is 0 Å². The summed E-state index contributed by atoms with van der Waals surface area (Å²) < 4.78 is 11.8. The third kappa shape index (κ3) is 18.9. The van der Waals surface area contributed by atoms with E-state index in [1.165, 1.54) is 51.4 Å². The van der Waals surface area contributed by atoms with Crippen LogP contribution in [-0.4, -0.2) is 36.9 Å². The summed E-state index contributed by atoms with van der Waals surface area (Å²) in [5, 5.41) is 3.04. The Kier molecular flexibility index (Phi) is 16.4. The third-order valence-electron chi connectivity index (χ3n) is 5.35. The Balaban J connectivity index is 3.69. The molecule has 4 nitrogen and oxygen atoms in total. The lowest BCUT2D eigenvalue weighted by molar-refractivity contribution is -0.121. The number of carbonyl (C=O) groups excluding carboxylic acids is 1. The topological polar surface area (TPSA) is 47.6 Å². The number of carbonyl (C=O) groups is 1. The Labute approximate surface area is 181 Å². The van der Waals surface area contributed by atoms with Crippen LogP contribution in [0.5, 0.6) is 0 Å². The van der Waals surface area contributed by atoms with Crippen molar-refractivity contribution < 1.29 is 14.3 Å². The van der Waals surface area contributed by atoms with Crippen molar-refractivity contribution in [3.8, 4) is 0 Å². The minimum absolute atomic E-state index is 0.169. The highest BCUT2D eigenvalue weighted by Gasteiger charge is 2.22. The molecule has 0 aliphatic heterocycles. The molecule has 4 heteroatoms. The Bertz CT molecular complexity index is 418. The van der Waals surface area contributed by atoms with E-state index in [9.17, 15) is 4.79 Å². The fraction of sp³-hybridized carbons (Fsp3) is 0.880. The van der Waals surface area contributed by atoms with Gasteiger partial charge in [0.2, 0.25) is 5.91 Å². The second-order valence-electron chi connectivity index (χ2n) is 9.40. The highest BCUT2D eigenvalue weighted by atomic mass is 16.5. The van der Waals surface area contributed by atoms with Gasteiger partial charge in [0.1, 0.15) is 0 Å². The molecule has 172 valence electrons. The molecule has 0 rings (SSSR count). The number of ether oxygens (including phenoxy) is 2. The van der Waals surface area contributed by atoms with Crippen LogP contribution in [0.25, 0.3) is 0 Å². The molecule has 0 saturated heterocycles. The summed E-state index contributed by atoms with van der Waals surface area (Å²) in [6.45, 7) is 16.1. The molecule has 0 bridgehead atoms. The van der Waals surface area contributed by atoms with Gasteiger partial charge in [-0.1, -0.05) is 64.4 Å². The molecule has 0 fully saturated rings. The maximum Gasteiger partial charge on any atom is 0.219 e. The molecule has 0 aliphatic carbocycles. The van der Waals surface area contributed by atoms with Gasteiger partial charge in [-0.2, -0.15) is 0 Å². The first-order valence-corrected chi connectivity index (χ1v) is 11.9. The lowest BCUT2D eigenvalue weighted by Gasteiger charge is -2.29. The normalized spacial score (nSPS) is 12.2. The summed E-state index contributed by atoms with van der Waals surface area (Å²) in [7, 11) is 0. The molecule has 0 saturated carbocycles. The molecule has 0 aliphatic rings. The van der Waals surface area contributed by atoms with E-state index in [1.807, 2.05) is 0 Å². The van der Waals surface area contributed by atoms with Crippen molar-refractivity contribution >= 4 is 5.91 Å². The van der Waals surface area contributed by atoms with Crippen LogP contribution < -0.4 is 5.32 Å². The predicted molar refractivity (Wildman–Crippen MR) is 124 cm³/mol. The highest BCUT2D eigenvalue weighted by molar-refractivity contribution is 5.75. The first-order valence-electron chi connectivity index (χ1n) is 11.9.